The summed E-state index contributed by atoms with van der Waals surface area (Å²) in [5, 5.41) is 4.16. The average Bonchev–Trinajstić information content (AvgIpc) is 2.71. The van der Waals surface area contributed by atoms with Crippen LogP contribution in [0.4, 0.5) is 10.8 Å². The molecule has 84 valence electrons. The third kappa shape index (κ3) is 2.12. The van der Waals surface area contributed by atoms with Gasteiger partial charge in [-0.1, -0.05) is 29.5 Å². The number of nitrogens with zero attached hydrogens (tertiary/aromatic N) is 2. The molecular formula is C13H11N3S. The summed E-state index contributed by atoms with van der Waals surface area (Å²) in [5.41, 5.74) is 2.85. The zero-order valence-electron chi connectivity index (χ0n) is 9.34. The molecule has 0 atom stereocenters. The molecule has 1 N–H and O–H groups in total. The van der Waals surface area contributed by atoms with Crippen LogP contribution in [-0.4, -0.2) is 9.97 Å². The summed E-state index contributed by atoms with van der Waals surface area (Å²) < 4.78 is 1.11. The van der Waals surface area contributed by atoms with Crippen molar-refractivity contribution in [3.8, 4) is 0 Å². The van der Waals surface area contributed by atoms with Crippen molar-refractivity contribution < 1.29 is 0 Å². The molecule has 0 bridgehead atoms. The van der Waals surface area contributed by atoms with Gasteiger partial charge in [-0.2, -0.15) is 4.98 Å². The molecule has 1 aromatic carbocycles. The largest absolute Gasteiger partial charge is 0.331 e. The SMILES string of the molecule is Cc1ccc2sc(Nc3ccccc3)nc2n1. The molecule has 0 saturated carbocycles. The van der Waals surface area contributed by atoms with Crippen molar-refractivity contribution in [3.63, 3.8) is 0 Å². The fourth-order valence-corrected chi connectivity index (χ4v) is 2.44. The summed E-state index contributed by atoms with van der Waals surface area (Å²) in [7, 11) is 0. The van der Waals surface area contributed by atoms with Crippen LogP contribution >= 0.6 is 11.3 Å². The van der Waals surface area contributed by atoms with E-state index in [1.165, 1.54) is 0 Å². The summed E-state index contributed by atoms with van der Waals surface area (Å²) in [6.45, 7) is 1.98. The maximum Gasteiger partial charge on any atom is 0.189 e. The highest BCUT2D eigenvalue weighted by Gasteiger charge is 2.04. The van der Waals surface area contributed by atoms with E-state index in [2.05, 4.69) is 21.4 Å². The zero-order valence-corrected chi connectivity index (χ0v) is 10.2. The fourth-order valence-electron chi connectivity index (χ4n) is 1.61. The number of aromatic nitrogens is 2. The van der Waals surface area contributed by atoms with E-state index in [1.54, 1.807) is 11.3 Å². The summed E-state index contributed by atoms with van der Waals surface area (Å²) >= 11 is 1.62. The lowest BCUT2D eigenvalue weighted by molar-refractivity contribution is 1.22. The van der Waals surface area contributed by atoms with Gasteiger partial charge in [0.2, 0.25) is 0 Å². The Morgan fingerprint density at radius 3 is 2.65 bits per heavy atom. The van der Waals surface area contributed by atoms with Gasteiger partial charge in [0.05, 0.1) is 4.70 Å². The van der Waals surface area contributed by atoms with Crippen LogP contribution < -0.4 is 5.32 Å². The maximum atomic E-state index is 4.47. The Hall–Kier alpha value is -1.94. The Labute approximate surface area is 103 Å². The Kier molecular flexibility index (Phi) is 2.49. The monoisotopic (exact) mass is 241 g/mol. The van der Waals surface area contributed by atoms with Crippen molar-refractivity contribution >= 4 is 32.5 Å². The normalized spacial score (nSPS) is 10.6. The number of nitrogens with one attached hydrogen (secondary N) is 1. The number of para-hydroxylation sites is 1. The number of hydrogen-bond acceptors (Lipinski definition) is 4. The van der Waals surface area contributed by atoms with E-state index in [9.17, 15) is 0 Å². The minimum atomic E-state index is 0.813. The third-order valence-electron chi connectivity index (χ3n) is 2.42. The second kappa shape index (κ2) is 4.14. The van der Waals surface area contributed by atoms with Crippen LogP contribution in [0, 0.1) is 6.92 Å². The number of anilines is 2. The van der Waals surface area contributed by atoms with E-state index >= 15 is 0 Å². The number of thiazole rings is 1. The van der Waals surface area contributed by atoms with Crippen LogP contribution in [0.3, 0.4) is 0 Å². The van der Waals surface area contributed by atoms with Crippen LogP contribution in [0.2, 0.25) is 0 Å². The lowest BCUT2D eigenvalue weighted by Crippen LogP contribution is -1.88. The van der Waals surface area contributed by atoms with E-state index < -0.39 is 0 Å². The first-order valence-electron chi connectivity index (χ1n) is 5.37. The Morgan fingerprint density at radius 1 is 1.00 bits per heavy atom. The minimum Gasteiger partial charge on any atom is -0.331 e. The molecule has 17 heavy (non-hydrogen) atoms. The van der Waals surface area contributed by atoms with Crippen molar-refractivity contribution in [2.75, 3.05) is 5.32 Å². The molecule has 0 saturated heterocycles. The van der Waals surface area contributed by atoms with Crippen molar-refractivity contribution in [2.45, 2.75) is 6.92 Å². The number of pyridine rings is 1. The first-order valence-corrected chi connectivity index (χ1v) is 6.19. The van der Waals surface area contributed by atoms with E-state index in [0.29, 0.717) is 0 Å². The second-order valence-corrected chi connectivity index (χ2v) is 4.82. The van der Waals surface area contributed by atoms with Crippen molar-refractivity contribution in [3.05, 3.63) is 48.2 Å². The highest BCUT2D eigenvalue weighted by Crippen LogP contribution is 2.27. The molecule has 3 rings (SSSR count). The molecule has 0 aliphatic heterocycles. The number of hydrogen-bond donors (Lipinski definition) is 1. The second-order valence-electron chi connectivity index (χ2n) is 3.78. The Balaban J connectivity index is 1.96. The van der Waals surface area contributed by atoms with Gasteiger partial charge < -0.3 is 5.32 Å². The van der Waals surface area contributed by atoms with Crippen LogP contribution in [-0.2, 0) is 0 Å². The van der Waals surface area contributed by atoms with E-state index in [4.69, 9.17) is 0 Å². The molecule has 2 heterocycles. The molecule has 0 spiro atoms. The van der Waals surface area contributed by atoms with Crippen LogP contribution in [0.1, 0.15) is 5.69 Å². The quantitative estimate of drug-likeness (QED) is 0.742. The van der Waals surface area contributed by atoms with Crippen molar-refractivity contribution in [2.24, 2.45) is 0 Å². The smallest absolute Gasteiger partial charge is 0.189 e. The topological polar surface area (TPSA) is 37.8 Å². The lowest BCUT2D eigenvalue weighted by Gasteiger charge is -1.99. The average molecular weight is 241 g/mol. The fraction of sp³-hybridized carbons (Fsp3) is 0.0769. The molecule has 0 unspecified atom stereocenters. The van der Waals surface area contributed by atoms with Gasteiger partial charge in [-0.15, -0.1) is 0 Å². The van der Waals surface area contributed by atoms with Gasteiger partial charge in [0.1, 0.15) is 0 Å². The van der Waals surface area contributed by atoms with Gasteiger partial charge in [-0.05, 0) is 31.2 Å². The first kappa shape index (κ1) is 10.2. The summed E-state index contributed by atoms with van der Waals surface area (Å²) in [6, 6.07) is 14.1. The van der Waals surface area contributed by atoms with E-state index in [1.807, 2.05) is 43.3 Å². The summed E-state index contributed by atoms with van der Waals surface area (Å²) in [4.78, 5) is 8.86. The number of rotatable bonds is 2. The van der Waals surface area contributed by atoms with E-state index in [0.717, 1.165) is 26.9 Å². The van der Waals surface area contributed by atoms with E-state index in [-0.39, 0.29) is 0 Å². The molecule has 0 amide bonds. The molecular weight excluding hydrogens is 230 g/mol. The summed E-state index contributed by atoms with van der Waals surface area (Å²) in [6.07, 6.45) is 0. The molecule has 0 aliphatic rings. The molecule has 3 aromatic rings. The molecule has 0 aliphatic carbocycles. The predicted octanol–water partition coefficient (Wildman–Crippen LogP) is 3.74. The highest BCUT2D eigenvalue weighted by molar-refractivity contribution is 7.22. The van der Waals surface area contributed by atoms with Gasteiger partial charge in [-0.25, -0.2) is 4.98 Å². The van der Waals surface area contributed by atoms with Crippen LogP contribution in [0.15, 0.2) is 42.5 Å². The standard InChI is InChI=1S/C13H11N3S/c1-9-7-8-11-12(14-9)16-13(17-11)15-10-5-3-2-4-6-10/h2-8H,1H3,(H,14,15,16). The Bertz CT molecular complexity index is 646. The number of fused-ring (bicyclic) bond motifs is 1. The predicted molar refractivity (Wildman–Crippen MR) is 71.9 cm³/mol. The molecule has 3 nitrogen and oxygen atoms in total. The Morgan fingerprint density at radius 2 is 1.82 bits per heavy atom. The number of benzene rings is 1. The molecule has 4 heteroatoms. The van der Waals surface area contributed by atoms with Crippen LogP contribution in [0.25, 0.3) is 10.3 Å². The molecule has 2 aromatic heterocycles. The molecule has 0 fully saturated rings. The maximum absolute atomic E-state index is 4.47. The zero-order chi connectivity index (χ0) is 11.7. The van der Waals surface area contributed by atoms with Crippen molar-refractivity contribution in [1.82, 2.24) is 9.97 Å². The molecule has 0 radical (unpaired) electrons. The van der Waals surface area contributed by atoms with Gasteiger partial charge in [-0.3, -0.25) is 0 Å². The first-order chi connectivity index (χ1) is 8.31. The lowest BCUT2D eigenvalue weighted by atomic mass is 10.3. The van der Waals surface area contributed by atoms with Gasteiger partial charge in [0, 0.05) is 11.4 Å². The highest BCUT2D eigenvalue weighted by atomic mass is 32.1. The summed E-state index contributed by atoms with van der Waals surface area (Å²) in [5.74, 6) is 0. The van der Waals surface area contributed by atoms with Gasteiger partial charge in [0.25, 0.3) is 0 Å². The number of aryl methyl sites for hydroxylation is 1. The minimum absolute atomic E-state index is 0.813. The third-order valence-corrected chi connectivity index (χ3v) is 3.34. The van der Waals surface area contributed by atoms with Gasteiger partial charge in [0.15, 0.2) is 10.8 Å². The van der Waals surface area contributed by atoms with Crippen molar-refractivity contribution in [1.29, 1.82) is 0 Å². The van der Waals surface area contributed by atoms with Crippen LogP contribution in [0.5, 0.6) is 0 Å². The van der Waals surface area contributed by atoms with Gasteiger partial charge >= 0.3 is 0 Å².